The van der Waals surface area contributed by atoms with Gasteiger partial charge in [-0.3, -0.25) is 4.79 Å². The van der Waals surface area contributed by atoms with Crippen LogP contribution in [0, 0.1) is 5.41 Å². The lowest BCUT2D eigenvalue weighted by Gasteiger charge is -2.19. The number of aliphatic carboxylic acids is 1. The van der Waals surface area contributed by atoms with Crippen molar-refractivity contribution in [2.45, 2.75) is 32.1 Å². The summed E-state index contributed by atoms with van der Waals surface area (Å²) in [5.41, 5.74) is 4.53. The highest BCUT2D eigenvalue weighted by Gasteiger charge is 2.53. The van der Waals surface area contributed by atoms with E-state index in [-0.39, 0.29) is 12.0 Å². The lowest BCUT2D eigenvalue weighted by molar-refractivity contribution is -0.148. The number of carbonyl (C=O) groups is 1. The fourth-order valence-electron chi connectivity index (χ4n) is 3.94. The number of carboxylic acids is 1. The number of rotatable bonds is 6. The molecule has 1 aromatic heterocycles. The number of aromatic nitrogens is 1. The molecule has 0 amide bonds. The van der Waals surface area contributed by atoms with E-state index >= 15 is 0 Å². The molecule has 6 heteroatoms. The Hall–Kier alpha value is -3.67. The largest absolute Gasteiger partial charge is 0.481 e. The van der Waals surface area contributed by atoms with Crippen LogP contribution in [0.1, 0.15) is 32.3 Å². The number of para-hydroxylation sites is 1. The third kappa shape index (κ3) is 3.62. The van der Waals surface area contributed by atoms with Crippen molar-refractivity contribution in [1.29, 1.82) is 0 Å². The highest BCUT2D eigenvalue weighted by molar-refractivity contribution is 6.10. The summed E-state index contributed by atoms with van der Waals surface area (Å²) in [7, 11) is 0. The van der Waals surface area contributed by atoms with Gasteiger partial charge in [0.25, 0.3) is 0 Å². The fraction of sp³-hybridized carbons (Fsp3) is 0.269. The first-order valence-corrected chi connectivity index (χ1v) is 10.8. The van der Waals surface area contributed by atoms with Crippen molar-refractivity contribution in [3.05, 3.63) is 72.4 Å². The van der Waals surface area contributed by atoms with Gasteiger partial charge in [-0.05, 0) is 62.1 Å². The molecule has 2 aromatic carbocycles. The topological polar surface area (TPSA) is 83.8 Å². The van der Waals surface area contributed by atoms with Gasteiger partial charge in [-0.15, -0.1) is 0 Å². The Balaban J connectivity index is 1.25. The first kappa shape index (κ1) is 20.2. The summed E-state index contributed by atoms with van der Waals surface area (Å²) in [6, 6.07) is 20.3. The van der Waals surface area contributed by atoms with Crippen LogP contribution < -0.4 is 10.1 Å². The molecule has 2 heterocycles. The summed E-state index contributed by atoms with van der Waals surface area (Å²) in [5.74, 6) is 0.552. The molecule has 1 aliphatic heterocycles. The molecule has 32 heavy (non-hydrogen) atoms. The minimum absolute atomic E-state index is 0.0598. The zero-order valence-electron chi connectivity index (χ0n) is 18.1. The van der Waals surface area contributed by atoms with Crippen LogP contribution in [0.5, 0.6) is 5.88 Å². The number of anilines is 1. The number of pyridine rings is 1. The molecule has 0 saturated heterocycles. The summed E-state index contributed by atoms with van der Waals surface area (Å²) in [5, 5.41) is 12.7. The van der Waals surface area contributed by atoms with Crippen molar-refractivity contribution in [2.24, 2.45) is 10.4 Å². The third-order valence-corrected chi connectivity index (χ3v) is 6.23. The predicted octanol–water partition coefficient (Wildman–Crippen LogP) is 5.43. The molecule has 3 aromatic rings. The van der Waals surface area contributed by atoms with Crippen LogP contribution in [0.25, 0.3) is 11.1 Å². The summed E-state index contributed by atoms with van der Waals surface area (Å²) in [4.78, 5) is 20.4. The number of carboxylic acid groups (broad SMARTS) is 1. The molecule has 5 rings (SSSR count). The standard InChI is InChI=1S/C26H25N3O3/c1-25(2,24(30)31)16-32-22-12-9-18(15-27-22)17-7-10-19(11-8-17)28-23-26(13-14-26)20-5-3-4-6-21(20)29-23/h3-12,15H,13-14,16H2,1-2H3,(H,28,29)(H,30,31). The van der Waals surface area contributed by atoms with Gasteiger partial charge in [0.05, 0.1) is 16.5 Å². The number of hydrogen-bond donors (Lipinski definition) is 2. The molecule has 1 fully saturated rings. The highest BCUT2D eigenvalue weighted by Crippen LogP contribution is 2.56. The minimum atomic E-state index is -0.965. The van der Waals surface area contributed by atoms with Gasteiger partial charge in [0.1, 0.15) is 12.4 Å². The van der Waals surface area contributed by atoms with E-state index in [4.69, 9.17) is 9.73 Å². The number of aliphatic imine (C=N–C) groups is 1. The van der Waals surface area contributed by atoms with Crippen LogP contribution >= 0.6 is 0 Å². The first-order chi connectivity index (χ1) is 15.4. The molecule has 2 N–H and O–H groups in total. The Labute approximate surface area is 187 Å². The Kier molecular flexibility index (Phi) is 4.73. The van der Waals surface area contributed by atoms with Crippen molar-refractivity contribution >= 4 is 23.2 Å². The monoisotopic (exact) mass is 427 g/mol. The van der Waals surface area contributed by atoms with E-state index < -0.39 is 11.4 Å². The van der Waals surface area contributed by atoms with E-state index in [9.17, 15) is 9.90 Å². The number of nitrogens with one attached hydrogen (secondary N) is 1. The van der Waals surface area contributed by atoms with Crippen LogP contribution in [0.3, 0.4) is 0 Å². The van der Waals surface area contributed by atoms with Crippen LogP contribution in [0.4, 0.5) is 11.4 Å². The molecule has 0 radical (unpaired) electrons. The van der Waals surface area contributed by atoms with Crippen molar-refractivity contribution in [3.63, 3.8) is 0 Å². The summed E-state index contributed by atoms with van der Waals surface area (Å²) in [6.45, 7) is 3.31. The number of ether oxygens (including phenoxy) is 1. The van der Waals surface area contributed by atoms with Crippen molar-refractivity contribution in [1.82, 2.24) is 4.98 Å². The maximum Gasteiger partial charge on any atom is 0.312 e. The van der Waals surface area contributed by atoms with Crippen LogP contribution in [-0.4, -0.2) is 28.5 Å². The molecule has 1 saturated carbocycles. The SMILES string of the molecule is CC(C)(COc1ccc(-c2ccc(NC3=Nc4ccccc4C34CC4)cc2)cn1)C(=O)O. The summed E-state index contributed by atoms with van der Waals surface area (Å²) >= 11 is 0. The summed E-state index contributed by atoms with van der Waals surface area (Å²) in [6.07, 6.45) is 4.01. The van der Waals surface area contributed by atoms with Crippen LogP contribution in [0.2, 0.25) is 0 Å². The Morgan fingerprint density at radius 2 is 1.78 bits per heavy atom. The van der Waals surface area contributed by atoms with Gasteiger partial charge in [0.2, 0.25) is 5.88 Å². The molecule has 162 valence electrons. The molecule has 0 unspecified atom stereocenters. The molecular formula is C26H25N3O3. The van der Waals surface area contributed by atoms with E-state index in [2.05, 4.69) is 52.8 Å². The first-order valence-electron chi connectivity index (χ1n) is 10.8. The van der Waals surface area contributed by atoms with Crippen molar-refractivity contribution in [2.75, 3.05) is 11.9 Å². The quantitative estimate of drug-likeness (QED) is 0.548. The van der Waals surface area contributed by atoms with Crippen LogP contribution in [0.15, 0.2) is 71.9 Å². The zero-order chi connectivity index (χ0) is 22.3. The molecule has 1 aliphatic carbocycles. The molecule has 0 bridgehead atoms. The molecule has 1 spiro atoms. The Bertz CT molecular complexity index is 1190. The number of amidine groups is 1. The number of benzene rings is 2. The normalized spacial score (nSPS) is 15.8. The van der Waals surface area contributed by atoms with E-state index in [1.807, 2.05) is 12.1 Å². The minimum Gasteiger partial charge on any atom is -0.481 e. The van der Waals surface area contributed by atoms with Gasteiger partial charge >= 0.3 is 5.97 Å². The lowest BCUT2D eigenvalue weighted by atomic mass is 9.95. The molecule has 0 atom stereocenters. The van der Waals surface area contributed by atoms with Crippen LogP contribution in [-0.2, 0) is 10.2 Å². The van der Waals surface area contributed by atoms with Gasteiger partial charge in [-0.25, -0.2) is 9.98 Å². The Morgan fingerprint density at radius 3 is 2.44 bits per heavy atom. The molecule has 2 aliphatic rings. The second-order valence-electron chi connectivity index (χ2n) is 9.12. The second-order valence-corrected chi connectivity index (χ2v) is 9.12. The summed E-state index contributed by atoms with van der Waals surface area (Å²) < 4.78 is 5.55. The van der Waals surface area contributed by atoms with Gasteiger partial charge in [-0.2, -0.15) is 0 Å². The fourth-order valence-corrected chi connectivity index (χ4v) is 3.94. The average molecular weight is 428 g/mol. The third-order valence-electron chi connectivity index (χ3n) is 6.23. The van der Waals surface area contributed by atoms with Gasteiger partial charge in [0, 0.05) is 23.5 Å². The lowest BCUT2D eigenvalue weighted by Crippen LogP contribution is -2.30. The number of nitrogens with zero attached hydrogens (tertiary/aromatic N) is 2. The maximum absolute atomic E-state index is 11.2. The maximum atomic E-state index is 11.2. The number of fused-ring (bicyclic) bond motifs is 2. The van der Waals surface area contributed by atoms with E-state index in [1.165, 1.54) is 5.56 Å². The Morgan fingerprint density at radius 1 is 1.06 bits per heavy atom. The molecule has 6 nitrogen and oxygen atoms in total. The average Bonchev–Trinajstić information content (AvgIpc) is 3.54. The number of hydrogen-bond acceptors (Lipinski definition) is 5. The smallest absolute Gasteiger partial charge is 0.312 e. The highest BCUT2D eigenvalue weighted by atomic mass is 16.5. The van der Waals surface area contributed by atoms with Gasteiger partial charge in [-0.1, -0.05) is 30.3 Å². The van der Waals surface area contributed by atoms with Crippen molar-refractivity contribution < 1.29 is 14.6 Å². The van der Waals surface area contributed by atoms with Gasteiger partial charge in [0.15, 0.2) is 0 Å². The predicted molar refractivity (Wildman–Crippen MR) is 125 cm³/mol. The van der Waals surface area contributed by atoms with E-state index in [0.717, 1.165) is 41.2 Å². The van der Waals surface area contributed by atoms with Crippen molar-refractivity contribution in [3.8, 4) is 17.0 Å². The van der Waals surface area contributed by atoms with E-state index in [0.29, 0.717) is 5.88 Å². The molecular weight excluding hydrogens is 402 g/mol. The van der Waals surface area contributed by atoms with E-state index in [1.54, 1.807) is 26.1 Å². The van der Waals surface area contributed by atoms with Gasteiger partial charge < -0.3 is 15.2 Å². The second kappa shape index (κ2) is 7.48. The zero-order valence-corrected chi connectivity index (χ0v) is 18.1.